The van der Waals surface area contributed by atoms with Gasteiger partial charge in [-0.3, -0.25) is 4.79 Å². The van der Waals surface area contributed by atoms with E-state index < -0.39 is 12.0 Å². The molecule has 1 unspecified atom stereocenters. The lowest BCUT2D eigenvalue weighted by atomic mass is 10.2. The molecule has 0 aromatic heterocycles. The molecule has 0 spiro atoms. The van der Waals surface area contributed by atoms with Gasteiger partial charge in [-0.25, -0.2) is 0 Å². The first-order chi connectivity index (χ1) is 5.68. The fourth-order valence-electron chi connectivity index (χ4n) is 0.710. The lowest BCUT2D eigenvalue weighted by Crippen LogP contribution is -2.33. The van der Waals surface area contributed by atoms with Crippen molar-refractivity contribution in [3.8, 4) is 0 Å². The molecule has 70 valence electrons. The van der Waals surface area contributed by atoms with E-state index in [4.69, 9.17) is 10.8 Å². The third-order valence-electron chi connectivity index (χ3n) is 1.47. The van der Waals surface area contributed by atoms with Crippen molar-refractivity contribution < 1.29 is 9.90 Å². The zero-order valence-electron chi connectivity index (χ0n) is 7.12. The van der Waals surface area contributed by atoms with E-state index in [0.29, 0.717) is 13.0 Å². The van der Waals surface area contributed by atoms with Gasteiger partial charge in [-0.05, 0) is 25.9 Å². The second kappa shape index (κ2) is 6.82. The SMILES string of the molecule is C=CCCNCCC(N)C(=O)O. The monoisotopic (exact) mass is 172 g/mol. The largest absolute Gasteiger partial charge is 0.480 e. The number of hydrogen-bond donors (Lipinski definition) is 3. The summed E-state index contributed by atoms with van der Waals surface area (Å²) in [5, 5.41) is 11.5. The smallest absolute Gasteiger partial charge is 0.320 e. The predicted octanol–water partition coefficient (Wildman–Crippen LogP) is -0.0459. The Hall–Kier alpha value is -0.870. The maximum absolute atomic E-state index is 10.3. The van der Waals surface area contributed by atoms with Crippen molar-refractivity contribution in [3.05, 3.63) is 12.7 Å². The zero-order chi connectivity index (χ0) is 9.40. The summed E-state index contributed by atoms with van der Waals surface area (Å²) in [5.41, 5.74) is 5.27. The molecule has 0 aromatic rings. The Morgan fingerprint density at radius 2 is 2.33 bits per heavy atom. The molecule has 0 saturated carbocycles. The number of rotatable bonds is 7. The van der Waals surface area contributed by atoms with Gasteiger partial charge in [0.15, 0.2) is 0 Å². The lowest BCUT2D eigenvalue weighted by molar-refractivity contribution is -0.138. The molecule has 0 fully saturated rings. The maximum atomic E-state index is 10.3. The molecule has 4 nitrogen and oxygen atoms in total. The molecule has 0 heterocycles. The van der Waals surface area contributed by atoms with Crippen molar-refractivity contribution in [3.63, 3.8) is 0 Å². The Balaban J connectivity index is 3.19. The predicted molar refractivity (Wildman–Crippen MR) is 47.9 cm³/mol. The molecule has 0 radical (unpaired) electrons. The van der Waals surface area contributed by atoms with Crippen LogP contribution in [0.1, 0.15) is 12.8 Å². The Bertz CT molecular complexity index is 148. The van der Waals surface area contributed by atoms with Crippen molar-refractivity contribution in [2.24, 2.45) is 5.73 Å². The van der Waals surface area contributed by atoms with E-state index in [9.17, 15) is 4.79 Å². The fraction of sp³-hybridized carbons (Fsp3) is 0.625. The van der Waals surface area contributed by atoms with Crippen LogP contribution in [0.5, 0.6) is 0 Å². The van der Waals surface area contributed by atoms with E-state index in [2.05, 4.69) is 11.9 Å². The van der Waals surface area contributed by atoms with Gasteiger partial charge in [0.2, 0.25) is 0 Å². The third-order valence-corrected chi connectivity index (χ3v) is 1.47. The van der Waals surface area contributed by atoms with Gasteiger partial charge in [-0.1, -0.05) is 6.08 Å². The van der Waals surface area contributed by atoms with Crippen LogP contribution in [-0.4, -0.2) is 30.2 Å². The van der Waals surface area contributed by atoms with E-state index >= 15 is 0 Å². The van der Waals surface area contributed by atoms with Crippen LogP contribution in [0.2, 0.25) is 0 Å². The second-order valence-corrected chi connectivity index (χ2v) is 2.56. The van der Waals surface area contributed by atoms with Gasteiger partial charge in [0.25, 0.3) is 0 Å². The number of nitrogens with two attached hydrogens (primary N) is 1. The van der Waals surface area contributed by atoms with Crippen molar-refractivity contribution in [2.45, 2.75) is 18.9 Å². The second-order valence-electron chi connectivity index (χ2n) is 2.56. The van der Waals surface area contributed by atoms with Crippen molar-refractivity contribution in [1.82, 2.24) is 5.32 Å². The van der Waals surface area contributed by atoms with Gasteiger partial charge < -0.3 is 16.2 Å². The maximum Gasteiger partial charge on any atom is 0.320 e. The van der Waals surface area contributed by atoms with E-state index in [-0.39, 0.29) is 0 Å². The first-order valence-electron chi connectivity index (χ1n) is 3.98. The summed E-state index contributed by atoms with van der Waals surface area (Å²) in [6.45, 7) is 5.03. The topological polar surface area (TPSA) is 75.3 Å². The number of aliphatic carboxylic acids is 1. The van der Waals surface area contributed by atoms with E-state index in [1.807, 2.05) is 6.08 Å². The van der Waals surface area contributed by atoms with Crippen molar-refractivity contribution in [1.29, 1.82) is 0 Å². The van der Waals surface area contributed by atoms with Crippen LogP contribution < -0.4 is 11.1 Å². The molecule has 0 aromatic carbocycles. The van der Waals surface area contributed by atoms with Crippen LogP contribution in [0.3, 0.4) is 0 Å². The highest BCUT2D eigenvalue weighted by atomic mass is 16.4. The lowest BCUT2D eigenvalue weighted by Gasteiger charge is -2.06. The van der Waals surface area contributed by atoms with Crippen LogP contribution in [0.25, 0.3) is 0 Å². The highest BCUT2D eigenvalue weighted by Crippen LogP contribution is 1.86. The van der Waals surface area contributed by atoms with Gasteiger partial charge in [-0.15, -0.1) is 6.58 Å². The number of carboxylic acid groups (broad SMARTS) is 1. The molecule has 0 aliphatic carbocycles. The van der Waals surface area contributed by atoms with Gasteiger partial charge in [-0.2, -0.15) is 0 Å². The minimum atomic E-state index is -0.944. The molecule has 0 rings (SSSR count). The van der Waals surface area contributed by atoms with E-state index in [0.717, 1.165) is 13.0 Å². The molecule has 12 heavy (non-hydrogen) atoms. The molecule has 0 amide bonds. The molecule has 4 N–H and O–H groups in total. The molecular weight excluding hydrogens is 156 g/mol. The summed E-state index contributed by atoms with van der Waals surface area (Å²) < 4.78 is 0. The van der Waals surface area contributed by atoms with E-state index in [1.54, 1.807) is 0 Å². The van der Waals surface area contributed by atoms with Crippen LogP contribution >= 0.6 is 0 Å². The minimum absolute atomic E-state index is 0.465. The zero-order valence-corrected chi connectivity index (χ0v) is 7.12. The van der Waals surface area contributed by atoms with Crippen molar-refractivity contribution in [2.75, 3.05) is 13.1 Å². The average molecular weight is 172 g/mol. The van der Waals surface area contributed by atoms with Gasteiger partial charge in [0.05, 0.1) is 0 Å². The molecule has 0 aliphatic rings. The Kier molecular flexibility index (Phi) is 6.32. The third kappa shape index (κ3) is 5.88. The Labute approximate surface area is 72.4 Å². The van der Waals surface area contributed by atoms with Gasteiger partial charge in [0.1, 0.15) is 6.04 Å². The first-order valence-corrected chi connectivity index (χ1v) is 3.98. The number of nitrogens with one attached hydrogen (secondary N) is 1. The summed E-state index contributed by atoms with van der Waals surface area (Å²) in [7, 11) is 0. The summed E-state index contributed by atoms with van der Waals surface area (Å²) in [5.74, 6) is -0.944. The summed E-state index contributed by atoms with van der Waals surface area (Å²) in [6, 6.07) is -0.749. The molecule has 4 heteroatoms. The number of carbonyl (C=O) groups is 1. The molecule has 0 saturated heterocycles. The minimum Gasteiger partial charge on any atom is -0.480 e. The highest BCUT2D eigenvalue weighted by molar-refractivity contribution is 5.72. The number of carboxylic acids is 1. The van der Waals surface area contributed by atoms with Crippen LogP contribution in [0.15, 0.2) is 12.7 Å². The standard InChI is InChI=1S/C8H16N2O2/c1-2-3-5-10-6-4-7(9)8(11)12/h2,7,10H,1,3-6,9H2,(H,11,12). The molecule has 1 atom stereocenters. The summed E-state index contributed by atoms with van der Waals surface area (Å²) in [6.07, 6.45) is 3.17. The Morgan fingerprint density at radius 3 is 2.83 bits per heavy atom. The normalized spacial score (nSPS) is 12.4. The van der Waals surface area contributed by atoms with Crippen LogP contribution in [0.4, 0.5) is 0 Å². The quantitative estimate of drug-likeness (QED) is 0.372. The van der Waals surface area contributed by atoms with Crippen LogP contribution in [0, 0.1) is 0 Å². The van der Waals surface area contributed by atoms with Gasteiger partial charge in [0, 0.05) is 0 Å². The van der Waals surface area contributed by atoms with Gasteiger partial charge >= 0.3 is 5.97 Å². The number of hydrogen-bond acceptors (Lipinski definition) is 3. The summed E-state index contributed by atoms with van der Waals surface area (Å²) in [4.78, 5) is 10.3. The van der Waals surface area contributed by atoms with Crippen molar-refractivity contribution >= 4 is 5.97 Å². The summed E-state index contributed by atoms with van der Waals surface area (Å²) >= 11 is 0. The Morgan fingerprint density at radius 1 is 1.67 bits per heavy atom. The first kappa shape index (κ1) is 11.1. The molecule has 0 aliphatic heterocycles. The van der Waals surface area contributed by atoms with Crippen LogP contribution in [-0.2, 0) is 4.79 Å². The average Bonchev–Trinajstić information content (AvgIpc) is 2.03. The molecular formula is C8H16N2O2. The fourth-order valence-corrected chi connectivity index (χ4v) is 0.710. The molecule has 0 bridgehead atoms. The highest BCUT2D eigenvalue weighted by Gasteiger charge is 2.09. The van der Waals surface area contributed by atoms with E-state index in [1.165, 1.54) is 0 Å².